The SMILES string of the molecule is Cc1ccc(C(C)(O)C2CCCCN2)cc1C. The summed E-state index contributed by atoms with van der Waals surface area (Å²) >= 11 is 0. The minimum Gasteiger partial charge on any atom is -0.384 e. The summed E-state index contributed by atoms with van der Waals surface area (Å²) in [6.45, 7) is 7.15. The van der Waals surface area contributed by atoms with Crippen LogP contribution in [-0.4, -0.2) is 17.7 Å². The molecule has 0 saturated carbocycles. The third-order valence-electron chi connectivity index (χ3n) is 4.08. The van der Waals surface area contributed by atoms with Gasteiger partial charge in [0.1, 0.15) is 5.60 Å². The largest absolute Gasteiger partial charge is 0.384 e. The predicted octanol–water partition coefficient (Wildman–Crippen LogP) is 2.65. The lowest BCUT2D eigenvalue weighted by Gasteiger charge is -2.37. The molecule has 0 aromatic heterocycles. The number of rotatable bonds is 2. The van der Waals surface area contributed by atoms with Crippen molar-refractivity contribution in [3.05, 3.63) is 34.9 Å². The van der Waals surface area contributed by atoms with Gasteiger partial charge in [-0.1, -0.05) is 24.6 Å². The van der Waals surface area contributed by atoms with Gasteiger partial charge >= 0.3 is 0 Å². The first-order valence-corrected chi connectivity index (χ1v) is 6.55. The second-order valence-corrected chi connectivity index (χ2v) is 5.45. The molecule has 0 spiro atoms. The van der Waals surface area contributed by atoms with Crippen molar-refractivity contribution in [3.8, 4) is 0 Å². The van der Waals surface area contributed by atoms with Gasteiger partial charge in [0.2, 0.25) is 0 Å². The van der Waals surface area contributed by atoms with Crippen LogP contribution < -0.4 is 5.32 Å². The Morgan fingerprint density at radius 1 is 1.24 bits per heavy atom. The molecule has 2 heteroatoms. The van der Waals surface area contributed by atoms with Crippen molar-refractivity contribution in [2.75, 3.05) is 6.54 Å². The minimum absolute atomic E-state index is 0.179. The summed E-state index contributed by atoms with van der Waals surface area (Å²) in [5.74, 6) is 0. The average Bonchev–Trinajstić information content (AvgIpc) is 2.33. The first-order chi connectivity index (χ1) is 8.01. The third-order valence-corrected chi connectivity index (χ3v) is 4.08. The van der Waals surface area contributed by atoms with E-state index in [-0.39, 0.29) is 6.04 Å². The summed E-state index contributed by atoms with van der Waals surface area (Å²) in [6.07, 6.45) is 3.48. The maximum Gasteiger partial charge on any atom is 0.102 e. The van der Waals surface area contributed by atoms with Crippen molar-refractivity contribution in [3.63, 3.8) is 0 Å². The van der Waals surface area contributed by atoms with Gasteiger partial charge in [-0.05, 0) is 56.8 Å². The molecule has 2 N–H and O–H groups in total. The first-order valence-electron chi connectivity index (χ1n) is 6.55. The maximum atomic E-state index is 10.8. The number of hydrogen-bond donors (Lipinski definition) is 2. The van der Waals surface area contributed by atoms with Crippen LogP contribution in [0.25, 0.3) is 0 Å². The monoisotopic (exact) mass is 233 g/mol. The van der Waals surface area contributed by atoms with E-state index in [2.05, 4.69) is 37.4 Å². The Kier molecular flexibility index (Phi) is 3.55. The average molecular weight is 233 g/mol. The van der Waals surface area contributed by atoms with Crippen LogP contribution in [0.1, 0.15) is 42.9 Å². The topological polar surface area (TPSA) is 32.3 Å². The van der Waals surface area contributed by atoms with E-state index in [4.69, 9.17) is 0 Å². The van der Waals surface area contributed by atoms with Gasteiger partial charge in [0, 0.05) is 6.04 Å². The van der Waals surface area contributed by atoms with Crippen molar-refractivity contribution in [2.45, 2.75) is 51.7 Å². The molecule has 2 atom stereocenters. The number of aryl methyl sites for hydroxylation is 2. The van der Waals surface area contributed by atoms with Crippen LogP contribution >= 0.6 is 0 Å². The predicted molar refractivity (Wildman–Crippen MR) is 71.1 cm³/mol. The Balaban J connectivity index is 2.26. The van der Waals surface area contributed by atoms with Crippen molar-refractivity contribution >= 4 is 0 Å². The highest BCUT2D eigenvalue weighted by Gasteiger charge is 2.34. The molecular formula is C15H23NO. The standard InChI is InChI=1S/C15H23NO/c1-11-7-8-13(10-12(11)2)15(3,17)14-6-4-5-9-16-14/h7-8,10,14,16-17H,4-6,9H2,1-3H3. The van der Waals surface area contributed by atoms with Crippen molar-refractivity contribution < 1.29 is 5.11 Å². The van der Waals surface area contributed by atoms with Gasteiger partial charge in [-0.3, -0.25) is 0 Å². The lowest BCUT2D eigenvalue weighted by atomic mass is 9.83. The molecule has 1 fully saturated rings. The second-order valence-electron chi connectivity index (χ2n) is 5.45. The van der Waals surface area contributed by atoms with E-state index < -0.39 is 5.60 Å². The molecule has 1 saturated heterocycles. The maximum absolute atomic E-state index is 10.8. The molecule has 2 nitrogen and oxygen atoms in total. The highest BCUT2D eigenvalue weighted by Crippen LogP contribution is 2.30. The second kappa shape index (κ2) is 4.79. The van der Waals surface area contributed by atoms with Crippen molar-refractivity contribution in [2.24, 2.45) is 0 Å². The zero-order valence-corrected chi connectivity index (χ0v) is 11.1. The number of aliphatic hydroxyl groups is 1. The fourth-order valence-corrected chi connectivity index (χ4v) is 2.59. The molecular weight excluding hydrogens is 210 g/mol. The Morgan fingerprint density at radius 2 is 2.00 bits per heavy atom. The van der Waals surface area contributed by atoms with E-state index in [1.807, 2.05) is 6.92 Å². The molecule has 17 heavy (non-hydrogen) atoms. The van der Waals surface area contributed by atoms with Crippen LogP contribution in [0, 0.1) is 13.8 Å². The highest BCUT2D eigenvalue weighted by atomic mass is 16.3. The van der Waals surface area contributed by atoms with Gasteiger partial charge in [0.15, 0.2) is 0 Å². The molecule has 1 aliphatic rings. The summed E-state index contributed by atoms with van der Waals surface area (Å²) in [7, 11) is 0. The zero-order valence-electron chi connectivity index (χ0n) is 11.1. The number of piperidine rings is 1. The van der Waals surface area contributed by atoms with Gasteiger partial charge in [-0.25, -0.2) is 0 Å². The van der Waals surface area contributed by atoms with Gasteiger partial charge in [-0.15, -0.1) is 0 Å². The number of hydrogen-bond acceptors (Lipinski definition) is 2. The summed E-state index contributed by atoms with van der Waals surface area (Å²) in [6, 6.07) is 6.45. The van der Waals surface area contributed by atoms with Gasteiger partial charge in [-0.2, -0.15) is 0 Å². The van der Waals surface area contributed by atoms with Crippen molar-refractivity contribution in [1.29, 1.82) is 0 Å². The first kappa shape index (κ1) is 12.6. The van der Waals surface area contributed by atoms with E-state index in [0.29, 0.717) is 0 Å². The fourth-order valence-electron chi connectivity index (χ4n) is 2.59. The van der Waals surface area contributed by atoms with Crippen molar-refractivity contribution in [1.82, 2.24) is 5.32 Å². The fraction of sp³-hybridized carbons (Fsp3) is 0.600. The summed E-state index contributed by atoms with van der Waals surface area (Å²) < 4.78 is 0. The van der Waals surface area contributed by atoms with Gasteiger partial charge < -0.3 is 10.4 Å². The van der Waals surface area contributed by atoms with Crippen LogP contribution in [-0.2, 0) is 5.60 Å². The van der Waals surface area contributed by atoms with Crippen LogP contribution in [0.5, 0.6) is 0 Å². The van der Waals surface area contributed by atoms with E-state index in [1.54, 1.807) is 0 Å². The normalized spacial score (nSPS) is 24.4. The molecule has 0 bridgehead atoms. The quantitative estimate of drug-likeness (QED) is 0.823. The van der Waals surface area contributed by atoms with E-state index in [0.717, 1.165) is 18.5 Å². The molecule has 0 aliphatic carbocycles. The van der Waals surface area contributed by atoms with Crippen LogP contribution in [0.4, 0.5) is 0 Å². The van der Waals surface area contributed by atoms with Crippen LogP contribution in [0.3, 0.4) is 0 Å². The smallest absolute Gasteiger partial charge is 0.102 e. The molecule has 0 radical (unpaired) electrons. The van der Waals surface area contributed by atoms with Gasteiger partial charge in [0.25, 0.3) is 0 Å². The zero-order chi connectivity index (χ0) is 12.5. The highest BCUT2D eigenvalue weighted by molar-refractivity contribution is 5.34. The van der Waals surface area contributed by atoms with Crippen LogP contribution in [0.2, 0.25) is 0 Å². The van der Waals surface area contributed by atoms with E-state index in [9.17, 15) is 5.11 Å². The molecule has 0 amide bonds. The Morgan fingerprint density at radius 3 is 2.59 bits per heavy atom. The Bertz CT molecular complexity index is 392. The Hall–Kier alpha value is -0.860. The number of benzene rings is 1. The molecule has 1 aromatic rings. The van der Waals surface area contributed by atoms with E-state index in [1.165, 1.54) is 24.0 Å². The molecule has 1 heterocycles. The Labute approximate surface area is 104 Å². The third kappa shape index (κ3) is 2.53. The lowest BCUT2D eigenvalue weighted by molar-refractivity contribution is 0.00562. The summed E-state index contributed by atoms with van der Waals surface area (Å²) in [4.78, 5) is 0. The minimum atomic E-state index is -0.765. The molecule has 94 valence electrons. The van der Waals surface area contributed by atoms with Crippen LogP contribution in [0.15, 0.2) is 18.2 Å². The van der Waals surface area contributed by atoms with E-state index >= 15 is 0 Å². The van der Waals surface area contributed by atoms with Gasteiger partial charge in [0.05, 0.1) is 0 Å². The molecule has 1 aromatic carbocycles. The summed E-state index contributed by atoms with van der Waals surface area (Å²) in [5.41, 5.74) is 2.79. The number of nitrogens with one attached hydrogen (secondary N) is 1. The molecule has 2 rings (SSSR count). The molecule has 1 aliphatic heterocycles. The molecule has 2 unspecified atom stereocenters. The lowest BCUT2D eigenvalue weighted by Crippen LogP contribution is -2.49. The summed E-state index contributed by atoms with van der Waals surface area (Å²) in [5, 5.41) is 14.2.